The third-order valence-corrected chi connectivity index (χ3v) is 1.85. The van der Waals surface area contributed by atoms with Crippen LogP contribution in [0.5, 0.6) is 11.5 Å². The number of phenolic OH excluding ortho intramolecular Hbond substituents is 1. The molecule has 0 radical (unpaired) electrons. The zero-order chi connectivity index (χ0) is 8.55. The molecule has 2 heteroatoms. The molecule has 0 aromatic heterocycles. The lowest BCUT2D eigenvalue weighted by atomic mass is 10.1. The van der Waals surface area contributed by atoms with E-state index in [1.54, 1.807) is 18.2 Å². The van der Waals surface area contributed by atoms with Crippen molar-refractivity contribution in [2.45, 2.75) is 13.0 Å². The summed E-state index contributed by atoms with van der Waals surface area (Å²) in [4.78, 5) is 0. The van der Waals surface area contributed by atoms with Gasteiger partial charge in [-0.25, -0.2) is 0 Å². The van der Waals surface area contributed by atoms with Gasteiger partial charge in [0.2, 0.25) is 0 Å². The molecule has 0 spiro atoms. The third kappa shape index (κ3) is 1.16. The Morgan fingerprint density at radius 1 is 1.42 bits per heavy atom. The van der Waals surface area contributed by atoms with Gasteiger partial charge in [0.05, 0.1) is 0 Å². The Hall–Kier alpha value is -1.44. The minimum absolute atomic E-state index is 0.127. The van der Waals surface area contributed by atoms with Crippen LogP contribution in [0.4, 0.5) is 0 Å². The maximum atomic E-state index is 9.16. The van der Waals surface area contributed by atoms with Gasteiger partial charge in [-0.1, -0.05) is 6.08 Å². The fourth-order valence-corrected chi connectivity index (χ4v) is 1.25. The highest BCUT2D eigenvalue weighted by Gasteiger charge is 2.09. The van der Waals surface area contributed by atoms with Gasteiger partial charge in [-0.05, 0) is 31.2 Å². The molecule has 0 saturated carbocycles. The van der Waals surface area contributed by atoms with Crippen molar-refractivity contribution >= 4 is 6.08 Å². The van der Waals surface area contributed by atoms with Crippen molar-refractivity contribution in [3.8, 4) is 11.5 Å². The first-order valence-corrected chi connectivity index (χ1v) is 3.93. The maximum absolute atomic E-state index is 9.16. The van der Waals surface area contributed by atoms with Crippen molar-refractivity contribution in [2.24, 2.45) is 0 Å². The van der Waals surface area contributed by atoms with Crippen LogP contribution in [0.2, 0.25) is 0 Å². The predicted molar refractivity (Wildman–Crippen MR) is 47.2 cm³/mol. The van der Waals surface area contributed by atoms with Crippen LogP contribution in [-0.4, -0.2) is 11.2 Å². The van der Waals surface area contributed by atoms with Gasteiger partial charge < -0.3 is 9.84 Å². The highest BCUT2D eigenvalue weighted by molar-refractivity contribution is 5.61. The summed E-state index contributed by atoms with van der Waals surface area (Å²) in [5, 5.41) is 9.16. The molecule has 1 aromatic rings. The number of ether oxygens (including phenoxy) is 1. The number of rotatable bonds is 0. The van der Waals surface area contributed by atoms with Crippen molar-refractivity contribution in [1.82, 2.24) is 0 Å². The first kappa shape index (κ1) is 7.22. The molecule has 0 aliphatic carbocycles. The van der Waals surface area contributed by atoms with Crippen molar-refractivity contribution in [1.29, 1.82) is 0 Å². The molecule has 1 N–H and O–H groups in total. The fraction of sp³-hybridized carbons (Fsp3) is 0.200. The van der Waals surface area contributed by atoms with Crippen LogP contribution in [0.1, 0.15) is 12.5 Å². The number of hydrogen-bond acceptors (Lipinski definition) is 2. The molecule has 0 fully saturated rings. The normalized spacial score (nSPS) is 19.9. The quantitative estimate of drug-likeness (QED) is 0.633. The van der Waals surface area contributed by atoms with Gasteiger partial charge >= 0.3 is 0 Å². The SMILES string of the molecule is C[C@@H]1C=Cc2cc(O)ccc2O1. The van der Waals surface area contributed by atoms with Crippen LogP contribution in [0.25, 0.3) is 6.08 Å². The Bertz CT molecular complexity index is 329. The monoisotopic (exact) mass is 162 g/mol. The summed E-state index contributed by atoms with van der Waals surface area (Å²) in [7, 11) is 0. The summed E-state index contributed by atoms with van der Waals surface area (Å²) in [6.45, 7) is 1.98. The van der Waals surface area contributed by atoms with E-state index in [4.69, 9.17) is 9.84 Å². The summed E-state index contributed by atoms with van der Waals surface area (Å²) < 4.78 is 5.49. The summed E-state index contributed by atoms with van der Waals surface area (Å²) >= 11 is 0. The van der Waals surface area contributed by atoms with Gasteiger partial charge in [0.15, 0.2) is 0 Å². The maximum Gasteiger partial charge on any atom is 0.127 e. The molecule has 1 heterocycles. The molecule has 2 nitrogen and oxygen atoms in total. The molecule has 2 rings (SSSR count). The highest BCUT2D eigenvalue weighted by Crippen LogP contribution is 2.28. The van der Waals surface area contributed by atoms with Crippen molar-refractivity contribution < 1.29 is 9.84 Å². The number of phenols is 1. The Morgan fingerprint density at radius 3 is 3.08 bits per heavy atom. The van der Waals surface area contributed by atoms with Crippen molar-refractivity contribution in [3.05, 3.63) is 29.8 Å². The van der Waals surface area contributed by atoms with Crippen molar-refractivity contribution in [3.63, 3.8) is 0 Å². The topological polar surface area (TPSA) is 29.5 Å². The largest absolute Gasteiger partial charge is 0.508 e. The minimum atomic E-state index is 0.127. The van der Waals surface area contributed by atoms with Gasteiger partial charge in [-0.2, -0.15) is 0 Å². The van der Waals surface area contributed by atoms with Crippen LogP contribution in [0.15, 0.2) is 24.3 Å². The van der Waals surface area contributed by atoms with Crippen molar-refractivity contribution in [2.75, 3.05) is 0 Å². The molecule has 0 unspecified atom stereocenters. The summed E-state index contributed by atoms with van der Waals surface area (Å²) in [6.07, 6.45) is 4.05. The van der Waals surface area contributed by atoms with E-state index < -0.39 is 0 Å². The second kappa shape index (κ2) is 2.55. The standard InChI is InChI=1S/C10H10O2/c1-7-2-3-8-6-9(11)4-5-10(8)12-7/h2-7,11H,1H3/t7-/m1/s1. The zero-order valence-corrected chi connectivity index (χ0v) is 6.82. The van der Waals surface area contributed by atoms with E-state index >= 15 is 0 Å². The fourth-order valence-electron chi connectivity index (χ4n) is 1.25. The molecule has 1 aromatic carbocycles. The van der Waals surface area contributed by atoms with Crippen LogP contribution in [0, 0.1) is 0 Å². The zero-order valence-electron chi connectivity index (χ0n) is 6.82. The molecule has 1 aliphatic heterocycles. The van der Waals surface area contributed by atoms with Gasteiger partial charge in [0.25, 0.3) is 0 Å². The summed E-state index contributed by atoms with van der Waals surface area (Å²) in [5.41, 5.74) is 0.938. The average molecular weight is 162 g/mol. The number of fused-ring (bicyclic) bond motifs is 1. The highest BCUT2D eigenvalue weighted by atomic mass is 16.5. The lowest BCUT2D eigenvalue weighted by Gasteiger charge is -2.17. The smallest absolute Gasteiger partial charge is 0.127 e. The van der Waals surface area contributed by atoms with Crippen LogP contribution < -0.4 is 4.74 Å². The molecule has 1 aliphatic rings. The molecule has 1 atom stereocenters. The first-order valence-electron chi connectivity index (χ1n) is 3.93. The number of hydrogen-bond donors (Lipinski definition) is 1. The second-order valence-electron chi connectivity index (χ2n) is 2.90. The van der Waals surface area contributed by atoms with Crippen LogP contribution in [0.3, 0.4) is 0 Å². The summed E-state index contributed by atoms with van der Waals surface area (Å²) in [5.74, 6) is 1.11. The Kier molecular flexibility index (Phi) is 1.54. The van der Waals surface area contributed by atoms with E-state index in [2.05, 4.69) is 0 Å². The van der Waals surface area contributed by atoms with Gasteiger partial charge in [0, 0.05) is 5.56 Å². The van der Waals surface area contributed by atoms with E-state index in [1.165, 1.54) is 0 Å². The van der Waals surface area contributed by atoms with Gasteiger partial charge in [-0.15, -0.1) is 0 Å². The lowest BCUT2D eigenvalue weighted by Crippen LogP contribution is -2.11. The molecular formula is C10H10O2. The van der Waals surface area contributed by atoms with E-state index in [0.717, 1.165) is 11.3 Å². The number of aromatic hydroxyl groups is 1. The van der Waals surface area contributed by atoms with E-state index in [1.807, 2.05) is 19.1 Å². The first-order chi connectivity index (χ1) is 5.75. The van der Waals surface area contributed by atoms with E-state index in [-0.39, 0.29) is 11.9 Å². The number of benzene rings is 1. The average Bonchev–Trinajstić information content (AvgIpc) is 2.05. The third-order valence-electron chi connectivity index (χ3n) is 1.85. The Morgan fingerprint density at radius 2 is 2.25 bits per heavy atom. The van der Waals surface area contributed by atoms with Crippen LogP contribution >= 0.6 is 0 Å². The molecule has 0 saturated heterocycles. The predicted octanol–water partition coefficient (Wildman–Crippen LogP) is 2.19. The van der Waals surface area contributed by atoms with Crippen LogP contribution in [-0.2, 0) is 0 Å². The molecule has 0 bridgehead atoms. The van der Waals surface area contributed by atoms with E-state index in [9.17, 15) is 0 Å². The molecular weight excluding hydrogens is 152 g/mol. The molecule has 0 amide bonds. The minimum Gasteiger partial charge on any atom is -0.508 e. The van der Waals surface area contributed by atoms with Gasteiger partial charge in [-0.3, -0.25) is 0 Å². The summed E-state index contributed by atoms with van der Waals surface area (Å²) in [6, 6.07) is 5.10. The van der Waals surface area contributed by atoms with Gasteiger partial charge in [0.1, 0.15) is 17.6 Å². The molecule has 62 valence electrons. The second-order valence-corrected chi connectivity index (χ2v) is 2.90. The Labute approximate surface area is 71.1 Å². The molecule has 12 heavy (non-hydrogen) atoms. The van der Waals surface area contributed by atoms with E-state index in [0.29, 0.717) is 0 Å². The Balaban J connectivity index is 2.47. The lowest BCUT2D eigenvalue weighted by molar-refractivity contribution is 0.265.